The second-order valence-electron chi connectivity index (χ2n) is 5.64. The van der Waals surface area contributed by atoms with Crippen molar-refractivity contribution in [2.75, 3.05) is 21.3 Å². The average Bonchev–Trinajstić information content (AvgIpc) is 2.39. The van der Waals surface area contributed by atoms with Gasteiger partial charge in [-0.3, -0.25) is 0 Å². The van der Waals surface area contributed by atoms with Gasteiger partial charge in [0.1, 0.15) is 5.75 Å². The first-order chi connectivity index (χ1) is 8.86. The Kier molecular flexibility index (Phi) is 5.39. The number of methoxy groups -OCH3 is 2. The third-order valence-electron chi connectivity index (χ3n) is 3.88. The minimum atomic E-state index is -0.169. The number of hydrogen-bond donors (Lipinski definition) is 1. The van der Waals surface area contributed by atoms with E-state index in [1.54, 1.807) is 14.2 Å². The number of aryl methyl sites for hydroxylation is 1. The first-order valence-corrected chi connectivity index (χ1v) is 6.72. The lowest BCUT2D eigenvalue weighted by Crippen LogP contribution is -2.30. The smallest absolute Gasteiger partial charge is 0.126 e. The third kappa shape index (κ3) is 3.71. The van der Waals surface area contributed by atoms with Crippen molar-refractivity contribution in [1.29, 1.82) is 0 Å². The summed E-state index contributed by atoms with van der Waals surface area (Å²) in [6, 6.07) is 4.51. The van der Waals surface area contributed by atoms with Crippen LogP contribution in [0.15, 0.2) is 12.1 Å². The van der Waals surface area contributed by atoms with Crippen molar-refractivity contribution in [2.24, 2.45) is 0 Å². The number of nitrogens with one attached hydrogen (secondary N) is 1. The molecule has 1 N–H and O–H groups in total. The van der Waals surface area contributed by atoms with Gasteiger partial charge in [0.15, 0.2) is 0 Å². The van der Waals surface area contributed by atoms with Gasteiger partial charge in [-0.05, 0) is 52.3 Å². The van der Waals surface area contributed by atoms with Crippen LogP contribution in [0.25, 0.3) is 0 Å². The van der Waals surface area contributed by atoms with Gasteiger partial charge in [0.25, 0.3) is 0 Å². The van der Waals surface area contributed by atoms with E-state index in [1.807, 2.05) is 7.05 Å². The lowest BCUT2D eigenvalue weighted by Gasteiger charge is -2.30. The van der Waals surface area contributed by atoms with Crippen molar-refractivity contribution in [2.45, 2.75) is 45.8 Å². The quantitative estimate of drug-likeness (QED) is 0.855. The Hall–Kier alpha value is -1.06. The summed E-state index contributed by atoms with van der Waals surface area (Å²) in [5, 5.41) is 3.37. The molecule has 0 saturated carbocycles. The molecule has 0 bridgehead atoms. The van der Waals surface area contributed by atoms with Crippen LogP contribution in [-0.2, 0) is 4.74 Å². The van der Waals surface area contributed by atoms with Gasteiger partial charge in [-0.2, -0.15) is 0 Å². The molecule has 1 unspecified atom stereocenters. The summed E-state index contributed by atoms with van der Waals surface area (Å²) in [5.41, 5.74) is 3.48. The Morgan fingerprint density at radius 3 is 2.32 bits per heavy atom. The first-order valence-electron chi connectivity index (χ1n) is 6.72. The van der Waals surface area contributed by atoms with Gasteiger partial charge in [-0.25, -0.2) is 0 Å². The van der Waals surface area contributed by atoms with Gasteiger partial charge < -0.3 is 14.8 Å². The Labute approximate surface area is 117 Å². The van der Waals surface area contributed by atoms with Crippen molar-refractivity contribution in [3.63, 3.8) is 0 Å². The molecule has 1 aromatic carbocycles. The largest absolute Gasteiger partial charge is 0.496 e. The van der Waals surface area contributed by atoms with Crippen molar-refractivity contribution in [3.05, 3.63) is 28.8 Å². The van der Waals surface area contributed by atoms with E-state index in [9.17, 15) is 0 Å². The van der Waals surface area contributed by atoms with E-state index in [2.05, 4.69) is 45.1 Å². The van der Waals surface area contributed by atoms with Crippen LogP contribution in [0.3, 0.4) is 0 Å². The molecule has 1 aromatic rings. The molecule has 0 aromatic heterocycles. The van der Waals surface area contributed by atoms with Crippen LogP contribution in [0.4, 0.5) is 0 Å². The highest BCUT2D eigenvalue weighted by Crippen LogP contribution is 2.34. The molecule has 3 nitrogen and oxygen atoms in total. The predicted octanol–water partition coefficient (Wildman–Crippen LogP) is 3.39. The summed E-state index contributed by atoms with van der Waals surface area (Å²) in [6.07, 6.45) is 0.888. The number of ether oxygens (including phenoxy) is 2. The molecular formula is C16H27NO2. The van der Waals surface area contributed by atoms with Gasteiger partial charge in [0, 0.05) is 18.7 Å². The predicted molar refractivity (Wildman–Crippen MR) is 80.0 cm³/mol. The van der Waals surface area contributed by atoms with Crippen LogP contribution in [0.5, 0.6) is 5.75 Å². The van der Waals surface area contributed by atoms with Crippen molar-refractivity contribution >= 4 is 0 Å². The second kappa shape index (κ2) is 6.40. The van der Waals surface area contributed by atoms with Crippen LogP contribution in [0, 0.1) is 13.8 Å². The number of benzene rings is 1. The normalized spacial score (nSPS) is 13.4. The maximum absolute atomic E-state index is 5.61. The van der Waals surface area contributed by atoms with Crippen molar-refractivity contribution in [1.82, 2.24) is 5.32 Å². The van der Waals surface area contributed by atoms with Gasteiger partial charge in [0.2, 0.25) is 0 Å². The van der Waals surface area contributed by atoms with E-state index in [0.717, 1.165) is 12.2 Å². The second-order valence-corrected chi connectivity index (χ2v) is 5.64. The topological polar surface area (TPSA) is 30.5 Å². The Balaban J connectivity index is 3.15. The van der Waals surface area contributed by atoms with Crippen LogP contribution in [0.1, 0.15) is 43.0 Å². The fourth-order valence-electron chi connectivity index (χ4n) is 2.30. The van der Waals surface area contributed by atoms with Crippen LogP contribution < -0.4 is 10.1 Å². The first kappa shape index (κ1) is 16.0. The number of hydrogen-bond acceptors (Lipinski definition) is 3. The van der Waals surface area contributed by atoms with Gasteiger partial charge in [-0.1, -0.05) is 12.1 Å². The zero-order valence-corrected chi connectivity index (χ0v) is 13.3. The summed E-state index contributed by atoms with van der Waals surface area (Å²) < 4.78 is 11.1. The minimum Gasteiger partial charge on any atom is -0.496 e. The maximum Gasteiger partial charge on any atom is 0.126 e. The molecule has 3 heteroatoms. The van der Waals surface area contributed by atoms with Crippen LogP contribution in [-0.4, -0.2) is 26.9 Å². The molecule has 0 spiro atoms. The minimum absolute atomic E-state index is 0.169. The monoisotopic (exact) mass is 265 g/mol. The van der Waals surface area contributed by atoms with Crippen LogP contribution in [0.2, 0.25) is 0 Å². The lowest BCUT2D eigenvalue weighted by molar-refractivity contribution is 0.00728. The molecule has 1 rings (SSSR count). The fraction of sp³-hybridized carbons (Fsp3) is 0.625. The molecular weight excluding hydrogens is 238 g/mol. The summed E-state index contributed by atoms with van der Waals surface area (Å²) in [6.45, 7) is 8.41. The Morgan fingerprint density at radius 1 is 1.21 bits per heavy atom. The average molecular weight is 265 g/mol. The zero-order chi connectivity index (χ0) is 14.6. The molecule has 0 saturated heterocycles. The van der Waals surface area contributed by atoms with Crippen molar-refractivity contribution in [3.8, 4) is 5.75 Å². The standard InChI is InChI=1S/C16H27NO2/c1-11-8-9-13(15(18-6)12(11)2)14(17-5)10-16(3,4)19-7/h8-9,14,17H,10H2,1-7H3. The van der Waals surface area contributed by atoms with Gasteiger partial charge >= 0.3 is 0 Å². The highest BCUT2D eigenvalue weighted by atomic mass is 16.5. The highest BCUT2D eigenvalue weighted by Gasteiger charge is 2.25. The summed E-state index contributed by atoms with van der Waals surface area (Å²) in [4.78, 5) is 0. The van der Waals surface area contributed by atoms with E-state index < -0.39 is 0 Å². The summed E-state index contributed by atoms with van der Waals surface area (Å²) >= 11 is 0. The number of rotatable bonds is 6. The molecule has 19 heavy (non-hydrogen) atoms. The molecule has 0 amide bonds. The van der Waals surface area contributed by atoms with Crippen molar-refractivity contribution < 1.29 is 9.47 Å². The Morgan fingerprint density at radius 2 is 1.84 bits per heavy atom. The van der Waals surface area contributed by atoms with Crippen LogP contribution >= 0.6 is 0 Å². The van der Waals surface area contributed by atoms with Gasteiger partial charge in [0.05, 0.1) is 12.7 Å². The molecule has 0 fully saturated rings. The SMILES string of the molecule is CNC(CC(C)(C)OC)c1ccc(C)c(C)c1OC. The van der Waals surface area contributed by atoms with E-state index in [0.29, 0.717) is 0 Å². The van der Waals surface area contributed by atoms with E-state index in [1.165, 1.54) is 16.7 Å². The molecule has 0 aliphatic heterocycles. The van der Waals surface area contributed by atoms with E-state index in [-0.39, 0.29) is 11.6 Å². The lowest BCUT2D eigenvalue weighted by atomic mass is 9.91. The summed E-state index contributed by atoms with van der Waals surface area (Å²) in [5.74, 6) is 0.978. The molecule has 0 heterocycles. The zero-order valence-electron chi connectivity index (χ0n) is 13.3. The molecule has 0 radical (unpaired) electrons. The van der Waals surface area contributed by atoms with Gasteiger partial charge in [-0.15, -0.1) is 0 Å². The molecule has 0 aliphatic carbocycles. The van der Waals surface area contributed by atoms with E-state index in [4.69, 9.17) is 9.47 Å². The third-order valence-corrected chi connectivity index (χ3v) is 3.88. The van der Waals surface area contributed by atoms with E-state index >= 15 is 0 Å². The highest BCUT2D eigenvalue weighted by molar-refractivity contribution is 5.46. The molecule has 0 aliphatic rings. The Bertz CT molecular complexity index is 427. The summed E-state index contributed by atoms with van der Waals surface area (Å²) in [7, 11) is 5.47. The molecule has 108 valence electrons. The fourth-order valence-corrected chi connectivity index (χ4v) is 2.30. The molecule has 1 atom stereocenters. The maximum atomic E-state index is 5.61.